The molecule has 0 aliphatic rings. The first kappa shape index (κ1) is 16.0. The molecular formula is C16H18N4OS2. The Hall–Kier alpha value is -1.86. The molecule has 1 amide bonds. The normalized spacial score (nSPS) is 11.3. The first-order valence-corrected chi connectivity index (χ1v) is 9.34. The predicted molar refractivity (Wildman–Crippen MR) is 96.7 cm³/mol. The lowest BCUT2D eigenvalue weighted by Gasteiger charge is -2.07. The maximum Gasteiger partial charge on any atom is 0.276 e. The summed E-state index contributed by atoms with van der Waals surface area (Å²) in [5.74, 6) is -0.193. The van der Waals surface area contributed by atoms with Crippen LogP contribution in [0.3, 0.4) is 0 Å². The number of hydrogen-bond donors (Lipinski definition) is 1. The van der Waals surface area contributed by atoms with Gasteiger partial charge >= 0.3 is 0 Å². The van der Waals surface area contributed by atoms with Gasteiger partial charge in [-0.05, 0) is 51.3 Å². The molecular weight excluding hydrogens is 328 g/mol. The summed E-state index contributed by atoms with van der Waals surface area (Å²) in [6.07, 6.45) is 2.01. The summed E-state index contributed by atoms with van der Waals surface area (Å²) in [5, 5.41) is 7.29. The second kappa shape index (κ2) is 6.33. The first-order valence-electron chi connectivity index (χ1n) is 7.30. The van der Waals surface area contributed by atoms with Crippen LogP contribution >= 0.6 is 23.1 Å². The maximum atomic E-state index is 12.4. The molecule has 23 heavy (non-hydrogen) atoms. The van der Waals surface area contributed by atoms with Crippen molar-refractivity contribution in [2.45, 2.75) is 31.2 Å². The van der Waals surface area contributed by atoms with Crippen molar-refractivity contribution in [1.29, 1.82) is 0 Å². The van der Waals surface area contributed by atoms with Crippen molar-refractivity contribution in [3.05, 3.63) is 35.7 Å². The average Bonchev–Trinajstić information content (AvgIpc) is 3.09. The molecule has 0 fully saturated rings. The number of rotatable bonds is 4. The van der Waals surface area contributed by atoms with Gasteiger partial charge in [0, 0.05) is 17.4 Å². The molecule has 0 saturated heterocycles. The van der Waals surface area contributed by atoms with E-state index in [2.05, 4.69) is 15.4 Å². The minimum absolute atomic E-state index is 0.193. The molecule has 0 unspecified atom stereocenters. The average molecular weight is 346 g/mol. The Labute approximate surface area is 143 Å². The van der Waals surface area contributed by atoms with Crippen molar-refractivity contribution in [3.8, 4) is 0 Å². The molecule has 1 N–H and O–H groups in total. The number of aromatic nitrogens is 3. The Balaban J connectivity index is 1.83. The highest BCUT2D eigenvalue weighted by Crippen LogP contribution is 2.30. The topological polar surface area (TPSA) is 59.8 Å². The number of carbonyl (C=O) groups excluding carboxylic acids is 1. The number of benzene rings is 1. The largest absolute Gasteiger partial charge is 0.321 e. The molecule has 0 bridgehead atoms. The van der Waals surface area contributed by atoms with Crippen LogP contribution in [0.15, 0.2) is 28.6 Å². The molecule has 5 nitrogen and oxygen atoms in total. The summed E-state index contributed by atoms with van der Waals surface area (Å²) in [6.45, 7) is 6.04. The van der Waals surface area contributed by atoms with Gasteiger partial charge in [-0.2, -0.15) is 5.10 Å². The van der Waals surface area contributed by atoms with E-state index >= 15 is 0 Å². The Morgan fingerprint density at radius 3 is 2.78 bits per heavy atom. The van der Waals surface area contributed by atoms with Crippen LogP contribution in [0.1, 0.15) is 36.1 Å². The summed E-state index contributed by atoms with van der Waals surface area (Å²) < 4.78 is 3.94. The van der Waals surface area contributed by atoms with Crippen molar-refractivity contribution in [1.82, 2.24) is 14.8 Å². The molecule has 0 spiro atoms. The van der Waals surface area contributed by atoms with E-state index in [-0.39, 0.29) is 11.9 Å². The summed E-state index contributed by atoms with van der Waals surface area (Å²) in [4.78, 5) is 16.9. The van der Waals surface area contributed by atoms with Gasteiger partial charge in [0.1, 0.15) is 0 Å². The maximum absolute atomic E-state index is 12.4. The van der Waals surface area contributed by atoms with Gasteiger partial charge in [0.25, 0.3) is 5.91 Å². The molecule has 2 aromatic heterocycles. The molecule has 3 rings (SSSR count). The second-order valence-electron chi connectivity index (χ2n) is 5.53. The van der Waals surface area contributed by atoms with Crippen LogP contribution in [0.5, 0.6) is 0 Å². The molecule has 120 valence electrons. The van der Waals surface area contributed by atoms with Crippen molar-refractivity contribution in [2.24, 2.45) is 0 Å². The third kappa shape index (κ3) is 3.25. The molecule has 1 aromatic carbocycles. The van der Waals surface area contributed by atoms with Crippen LogP contribution in [0.4, 0.5) is 5.69 Å². The lowest BCUT2D eigenvalue weighted by atomic mass is 10.3. The molecule has 2 heterocycles. The summed E-state index contributed by atoms with van der Waals surface area (Å²) in [6, 6.07) is 7.80. The van der Waals surface area contributed by atoms with Gasteiger partial charge < -0.3 is 5.32 Å². The second-order valence-corrected chi connectivity index (χ2v) is 7.61. The van der Waals surface area contributed by atoms with E-state index in [9.17, 15) is 4.79 Å². The van der Waals surface area contributed by atoms with Gasteiger partial charge in [-0.1, -0.05) is 11.8 Å². The van der Waals surface area contributed by atoms with Gasteiger partial charge in [-0.25, -0.2) is 4.98 Å². The van der Waals surface area contributed by atoms with E-state index in [0.717, 1.165) is 25.9 Å². The number of hydrogen-bond acceptors (Lipinski definition) is 5. The number of nitrogens with zero attached hydrogens (tertiary/aromatic N) is 3. The lowest BCUT2D eigenvalue weighted by molar-refractivity contribution is 0.102. The summed E-state index contributed by atoms with van der Waals surface area (Å²) in [7, 11) is 0. The third-order valence-electron chi connectivity index (χ3n) is 3.45. The number of thiazole rings is 1. The van der Waals surface area contributed by atoms with E-state index in [0.29, 0.717) is 5.69 Å². The summed E-state index contributed by atoms with van der Waals surface area (Å²) in [5.41, 5.74) is 3.13. The van der Waals surface area contributed by atoms with Crippen molar-refractivity contribution >= 4 is 44.9 Å². The number of aryl methyl sites for hydroxylation is 1. The van der Waals surface area contributed by atoms with Gasteiger partial charge in [0.05, 0.1) is 10.2 Å². The minimum Gasteiger partial charge on any atom is -0.321 e. The smallest absolute Gasteiger partial charge is 0.276 e. The Morgan fingerprint density at radius 2 is 2.13 bits per heavy atom. The number of thioether (sulfide) groups is 1. The zero-order valence-electron chi connectivity index (χ0n) is 13.5. The van der Waals surface area contributed by atoms with Gasteiger partial charge in [-0.15, -0.1) is 11.3 Å². The van der Waals surface area contributed by atoms with Crippen LogP contribution in [0.25, 0.3) is 10.2 Å². The quantitative estimate of drug-likeness (QED) is 0.713. The first-order chi connectivity index (χ1) is 11.0. The van der Waals surface area contributed by atoms with Crippen LogP contribution in [0, 0.1) is 6.92 Å². The van der Waals surface area contributed by atoms with Crippen molar-refractivity contribution < 1.29 is 4.79 Å². The standard InChI is InChI=1S/C16H18N4OS2/c1-9(2)20-10(3)7-13(19-20)15(21)17-11-5-6-12-14(8-11)23-16(18-12)22-4/h5-9H,1-4H3,(H,17,21). The number of carbonyl (C=O) groups is 1. The van der Waals surface area contributed by atoms with Crippen molar-refractivity contribution in [2.75, 3.05) is 11.6 Å². The Morgan fingerprint density at radius 1 is 1.35 bits per heavy atom. The van der Waals surface area contributed by atoms with E-state index in [1.165, 1.54) is 0 Å². The minimum atomic E-state index is -0.193. The predicted octanol–water partition coefficient (Wildman–Crippen LogP) is 4.36. The highest BCUT2D eigenvalue weighted by atomic mass is 32.2. The highest BCUT2D eigenvalue weighted by Gasteiger charge is 2.14. The number of nitrogens with one attached hydrogen (secondary N) is 1. The van der Waals surface area contributed by atoms with Gasteiger partial charge in [0.15, 0.2) is 10.0 Å². The zero-order valence-corrected chi connectivity index (χ0v) is 15.1. The molecule has 3 aromatic rings. The molecule has 0 radical (unpaired) electrons. The lowest BCUT2D eigenvalue weighted by Crippen LogP contribution is -2.13. The number of fused-ring (bicyclic) bond motifs is 1. The molecule has 0 aliphatic carbocycles. The third-order valence-corrected chi connectivity index (χ3v) is 5.45. The fourth-order valence-electron chi connectivity index (χ4n) is 2.39. The summed E-state index contributed by atoms with van der Waals surface area (Å²) >= 11 is 3.25. The zero-order chi connectivity index (χ0) is 16.6. The number of anilines is 1. The van der Waals surface area contributed by atoms with E-state index in [1.807, 2.05) is 56.0 Å². The van der Waals surface area contributed by atoms with E-state index in [4.69, 9.17) is 0 Å². The van der Waals surface area contributed by atoms with Crippen LogP contribution in [0.2, 0.25) is 0 Å². The fraction of sp³-hybridized carbons (Fsp3) is 0.312. The van der Waals surface area contributed by atoms with E-state index in [1.54, 1.807) is 23.1 Å². The van der Waals surface area contributed by atoms with Crippen LogP contribution in [-0.2, 0) is 0 Å². The Kier molecular flexibility index (Phi) is 4.41. The Bertz CT molecular complexity index is 866. The van der Waals surface area contributed by atoms with Crippen LogP contribution in [-0.4, -0.2) is 26.9 Å². The fourth-order valence-corrected chi connectivity index (χ4v) is 3.91. The highest BCUT2D eigenvalue weighted by molar-refractivity contribution is 8.00. The van der Waals surface area contributed by atoms with Gasteiger partial charge in [0.2, 0.25) is 0 Å². The van der Waals surface area contributed by atoms with E-state index < -0.39 is 0 Å². The molecule has 0 atom stereocenters. The molecule has 0 saturated carbocycles. The SMILES string of the molecule is CSc1nc2ccc(NC(=O)c3cc(C)n(C(C)C)n3)cc2s1. The van der Waals surface area contributed by atoms with Crippen molar-refractivity contribution in [3.63, 3.8) is 0 Å². The number of amides is 1. The van der Waals surface area contributed by atoms with Crippen LogP contribution < -0.4 is 5.32 Å². The monoisotopic (exact) mass is 346 g/mol. The van der Waals surface area contributed by atoms with Gasteiger partial charge in [-0.3, -0.25) is 9.48 Å². The molecule has 7 heteroatoms. The molecule has 0 aliphatic heterocycles.